The molecule has 0 atom stereocenters. The maximum atomic E-state index is 12.1. The van der Waals surface area contributed by atoms with Crippen LogP contribution in [0.4, 0.5) is 0 Å². The van der Waals surface area contributed by atoms with Gasteiger partial charge in [-0.15, -0.1) is 0 Å². The molecule has 0 spiro atoms. The highest BCUT2D eigenvalue weighted by Gasteiger charge is 2.19. The molecule has 1 aromatic carbocycles. The highest BCUT2D eigenvalue weighted by molar-refractivity contribution is 6.37. The van der Waals surface area contributed by atoms with Gasteiger partial charge in [0, 0.05) is 5.56 Å². The van der Waals surface area contributed by atoms with E-state index >= 15 is 0 Å². The molecule has 0 aliphatic rings. The largest absolute Gasteiger partial charge is 0.501 e. The fourth-order valence-corrected chi connectivity index (χ4v) is 1.48. The van der Waals surface area contributed by atoms with Gasteiger partial charge >= 0.3 is 0 Å². The SMILES string of the molecule is CCOC=C(C(C)=O)C(=O)c1ccccc1Cl. The average Bonchev–Trinajstić information content (AvgIpc) is 2.29. The number of ketones is 2. The van der Waals surface area contributed by atoms with Crippen LogP contribution in [0.25, 0.3) is 0 Å². The predicted molar refractivity (Wildman–Crippen MR) is 66.2 cm³/mol. The highest BCUT2D eigenvalue weighted by atomic mass is 35.5. The third kappa shape index (κ3) is 3.43. The van der Waals surface area contributed by atoms with E-state index in [-0.39, 0.29) is 11.4 Å². The van der Waals surface area contributed by atoms with Crippen molar-refractivity contribution in [1.29, 1.82) is 0 Å². The minimum absolute atomic E-state index is 0.0000463. The number of hydrogen-bond acceptors (Lipinski definition) is 3. The summed E-state index contributed by atoms with van der Waals surface area (Å²) in [5.41, 5.74) is 0.301. The van der Waals surface area contributed by atoms with Crippen LogP contribution in [0.2, 0.25) is 5.02 Å². The van der Waals surface area contributed by atoms with Gasteiger partial charge in [0.25, 0.3) is 0 Å². The molecule has 1 rings (SSSR count). The van der Waals surface area contributed by atoms with Crippen molar-refractivity contribution in [2.24, 2.45) is 0 Å². The number of hydrogen-bond donors (Lipinski definition) is 0. The van der Waals surface area contributed by atoms with Crippen molar-refractivity contribution in [3.05, 3.63) is 46.7 Å². The van der Waals surface area contributed by atoms with E-state index in [4.69, 9.17) is 16.3 Å². The molecule has 0 radical (unpaired) electrons. The first-order valence-corrected chi connectivity index (χ1v) is 5.57. The molecular formula is C13H13ClO3. The van der Waals surface area contributed by atoms with Crippen LogP contribution in [0.5, 0.6) is 0 Å². The lowest BCUT2D eigenvalue weighted by molar-refractivity contribution is -0.113. The zero-order valence-corrected chi connectivity index (χ0v) is 10.5. The van der Waals surface area contributed by atoms with E-state index in [2.05, 4.69) is 0 Å². The fraction of sp³-hybridized carbons (Fsp3) is 0.231. The van der Waals surface area contributed by atoms with Crippen molar-refractivity contribution in [3.8, 4) is 0 Å². The molecular weight excluding hydrogens is 240 g/mol. The van der Waals surface area contributed by atoms with Crippen molar-refractivity contribution in [2.75, 3.05) is 6.61 Å². The molecule has 0 saturated carbocycles. The number of ether oxygens (including phenoxy) is 1. The molecule has 3 nitrogen and oxygen atoms in total. The Labute approximate surface area is 105 Å². The maximum Gasteiger partial charge on any atom is 0.201 e. The molecule has 17 heavy (non-hydrogen) atoms. The first kappa shape index (κ1) is 13.5. The van der Waals surface area contributed by atoms with E-state index in [1.165, 1.54) is 13.2 Å². The molecule has 0 amide bonds. The van der Waals surface area contributed by atoms with E-state index in [0.29, 0.717) is 17.2 Å². The van der Waals surface area contributed by atoms with Crippen molar-refractivity contribution < 1.29 is 14.3 Å². The number of carbonyl (C=O) groups excluding carboxylic acids is 2. The molecule has 0 N–H and O–H groups in total. The Hall–Kier alpha value is -1.61. The number of Topliss-reactive ketones (excluding diaryl/α,β-unsaturated/α-hetero) is 2. The van der Waals surface area contributed by atoms with Gasteiger partial charge in [0.15, 0.2) is 5.78 Å². The Morgan fingerprint density at radius 2 is 2.00 bits per heavy atom. The molecule has 0 bridgehead atoms. The molecule has 0 saturated heterocycles. The van der Waals surface area contributed by atoms with Crippen LogP contribution < -0.4 is 0 Å². The van der Waals surface area contributed by atoms with Crippen LogP contribution >= 0.6 is 11.6 Å². The molecule has 0 heterocycles. The molecule has 0 aliphatic heterocycles. The smallest absolute Gasteiger partial charge is 0.201 e. The zero-order chi connectivity index (χ0) is 12.8. The minimum atomic E-state index is -0.420. The molecule has 0 aliphatic carbocycles. The first-order chi connectivity index (χ1) is 8.07. The van der Waals surface area contributed by atoms with Gasteiger partial charge in [0.1, 0.15) is 0 Å². The van der Waals surface area contributed by atoms with Gasteiger partial charge in [-0.05, 0) is 26.0 Å². The lowest BCUT2D eigenvalue weighted by atomic mass is 10.0. The lowest BCUT2D eigenvalue weighted by Crippen LogP contribution is -2.11. The normalized spacial score (nSPS) is 11.1. The fourth-order valence-electron chi connectivity index (χ4n) is 1.25. The van der Waals surface area contributed by atoms with Crippen LogP contribution in [0, 0.1) is 0 Å². The summed E-state index contributed by atoms with van der Waals surface area (Å²) in [7, 11) is 0. The Morgan fingerprint density at radius 3 is 2.53 bits per heavy atom. The molecule has 4 heteroatoms. The first-order valence-electron chi connectivity index (χ1n) is 5.19. The van der Waals surface area contributed by atoms with Gasteiger partial charge in [0.05, 0.1) is 23.5 Å². The van der Waals surface area contributed by atoms with Gasteiger partial charge < -0.3 is 4.74 Å². The topological polar surface area (TPSA) is 43.4 Å². The van der Waals surface area contributed by atoms with Gasteiger partial charge in [-0.1, -0.05) is 23.7 Å². The number of allylic oxidation sites excluding steroid dienone is 1. The Morgan fingerprint density at radius 1 is 1.35 bits per heavy atom. The molecule has 0 aromatic heterocycles. The third-order valence-electron chi connectivity index (χ3n) is 2.11. The van der Waals surface area contributed by atoms with Crippen LogP contribution in [0.1, 0.15) is 24.2 Å². The van der Waals surface area contributed by atoms with Crippen LogP contribution in [0.15, 0.2) is 36.1 Å². The standard InChI is InChI=1S/C13H13ClO3/c1-3-17-8-11(9(2)15)13(16)10-6-4-5-7-12(10)14/h4-8H,3H2,1-2H3. The van der Waals surface area contributed by atoms with Crippen molar-refractivity contribution in [2.45, 2.75) is 13.8 Å². The summed E-state index contributed by atoms with van der Waals surface area (Å²) in [4.78, 5) is 23.4. The number of carbonyl (C=O) groups is 2. The average molecular weight is 253 g/mol. The Kier molecular flexibility index (Phi) is 4.91. The monoisotopic (exact) mass is 252 g/mol. The van der Waals surface area contributed by atoms with Crippen LogP contribution in [-0.4, -0.2) is 18.2 Å². The van der Waals surface area contributed by atoms with E-state index < -0.39 is 5.78 Å². The number of rotatable bonds is 5. The second kappa shape index (κ2) is 6.21. The maximum absolute atomic E-state index is 12.1. The summed E-state index contributed by atoms with van der Waals surface area (Å²) in [5, 5.41) is 0.321. The van der Waals surface area contributed by atoms with Gasteiger partial charge in [-0.3, -0.25) is 9.59 Å². The summed E-state index contributed by atoms with van der Waals surface area (Å²) in [6, 6.07) is 6.59. The van der Waals surface area contributed by atoms with E-state index in [9.17, 15) is 9.59 Å². The summed E-state index contributed by atoms with van der Waals surface area (Å²) in [6.07, 6.45) is 1.19. The zero-order valence-electron chi connectivity index (χ0n) is 9.70. The van der Waals surface area contributed by atoms with Gasteiger partial charge in [-0.25, -0.2) is 0 Å². The Bertz CT molecular complexity index is 463. The van der Waals surface area contributed by atoms with Crippen LogP contribution in [0.3, 0.4) is 0 Å². The number of halogens is 1. The minimum Gasteiger partial charge on any atom is -0.501 e. The summed E-state index contributed by atoms with van der Waals surface area (Å²) >= 11 is 5.90. The quantitative estimate of drug-likeness (QED) is 0.266. The van der Waals surface area contributed by atoms with E-state index in [0.717, 1.165) is 0 Å². The summed E-state index contributed by atoms with van der Waals surface area (Å²) in [5.74, 6) is -0.764. The number of benzene rings is 1. The van der Waals surface area contributed by atoms with Crippen LogP contribution in [-0.2, 0) is 9.53 Å². The second-order valence-electron chi connectivity index (χ2n) is 3.35. The molecule has 0 fully saturated rings. The van der Waals surface area contributed by atoms with E-state index in [1.807, 2.05) is 0 Å². The molecule has 0 unspecified atom stereocenters. The lowest BCUT2D eigenvalue weighted by Gasteiger charge is -2.05. The molecule has 1 aromatic rings. The Balaban J connectivity index is 3.09. The molecule has 90 valence electrons. The predicted octanol–water partition coefficient (Wildman–Crippen LogP) is 3.03. The van der Waals surface area contributed by atoms with Gasteiger partial charge in [0.2, 0.25) is 5.78 Å². The third-order valence-corrected chi connectivity index (χ3v) is 2.44. The summed E-state index contributed by atoms with van der Waals surface area (Å²) < 4.78 is 4.99. The highest BCUT2D eigenvalue weighted by Crippen LogP contribution is 2.19. The summed E-state index contributed by atoms with van der Waals surface area (Å²) in [6.45, 7) is 3.49. The van der Waals surface area contributed by atoms with Crippen molar-refractivity contribution in [3.63, 3.8) is 0 Å². The van der Waals surface area contributed by atoms with E-state index in [1.54, 1.807) is 31.2 Å². The van der Waals surface area contributed by atoms with Crippen molar-refractivity contribution >= 4 is 23.2 Å². The van der Waals surface area contributed by atoms with Gasteiger partial charge in [-0.2, -0.15) is 0 Å². The second-order valence-corrected chi connectivity index (χ2v) is 3.76. The van der Waals surface area contributed by atoms with Crippen molar-refractivity contribution in [1.82, 2.24) is 0 Å².